The van der Waals surface area contributed by atoms with Gasteiger partial charge < -0.3 is 4.90 Å². The number of carbonyl (C=O) groups is 1. The maximum absolute atomic E-state index is 11.3. The van der Waals surface area contributed by atoms with Gasteiger partial charge in [-0.05, 0) is 28.7 Å². The lowest BCUT2D eigenvalue weighted by molar-refractivity contribution is 0.0886. The Kier molecular flexibility index (Phi) is 1.88. The van der Waals surface area contributed by atoms with Crippen molar-refractivity contribution in [2.24, 2.45) is 0 Å². The Morgan fingerprint density at radius 1 is 1.64 bits per heavy atom. The molecule has 4 heteroatoms. The second-order valence-corrected chi connectivity index (χ2v) is 5.24. The van der Waals surface area contributed by atoms with Crippen molar-refractivity contribution in [1.29, 1.82) is 0 Å². The van der Waals surface area contributed by atoms with Crippen LogP contribution in [0, 0.1) is 2.88 Å². The van der Waals surface area contributed by atoms with Crippen molar-refractivity contribution in [2.75, 3.05) is 13.1 Å². The molecule has 0 N–H and O–H groups in total. The summed E-state index contributed by atoms with van der Waals surface area (Å²) in [4.78, 5) is 13.2. The maximum Gasteiger partial charge on any atom is 0.254 e. The molecule has 0 atom stereocenters. The fourth-order valence-corrected chi connectivity index (χ4v) is 2.18. The summed E-state index contributed by atoms with van der Waals surface area (Å²) < 4.78 is 1.17. The lowest BCUT2D eigenvalue weighted by Gasteiger charge is -1.94. The van der Waals surface area contributed by atoms with Crippen LogP contribution in [0.1, 0.15) is 10.4 Å². The number of thiophene rings is 1. The Balaban J connectivity index is 2.21. The van der Waals surface area contributed by atoms with E-state index >= 15 is 0 Å². The van der Waals surface area contributed by atoms with Crippen LogP contribution in [0.4, 0.5) is 0 Å². The molecule has 0 aromatic carbocycles. The minimum Gasteiger partial charge on any atom is -0.335 e. The average molecular weight is 279 g/mol. The molecular weight excluding hydrogens is 273 g/mol. The van der Waals surface area contributed by atoms with E-state index in [1.165, 1.54) is 2.88 Å². The van der Waals surface area contributed by atoms with E-state index in [4.69, 9.17) is 0 Å². The third-order valence-corrected chi connectivity index (χ3v) is 3.34. The van der Waals surface area contributed by atoms with Crippen LogP contribution < -0.4 is 0 Å². The molecule has 0 aliphatic carbocycles. The van der Waals surface area contributed by atoms with E-state index in [-0.39, 0.29) is 5.91 Å². The van der Waals surface area contributed by atoms with E-state index in [1.807, 2.05) is 16.3 Å². The molecule has 1 aliphatic heterocycles. The van der Waals surface area contributed by atoms with Gasteiger partial charge in [-0.25, -0.2) is 0 Å². The predicted molar refractivity (Wildman–Crippen MR) is 52.9 cm³/mol. The number of nitrogens with zero attached hydrogens (tertiary/aromatic N) is 1. The molecule has 0 saturated carbocycles. The molecule has 0 unspecified atom stereocenters. The van der Waals surface area contributed by atoms with Crippen molar-refractivity contribution in [2.45, 2.75) is 0 Å². The van der Waals surface area contributed by atoms with E-state index in [9.17, 15) is 4.79 Å². The van der Waals surface area contributed by atoms with Gasteiger partial charge in [-0.3, -0.25) is 4.79 Å². The Morgan fingerprint density at radius 2 is 2.36 bits per heavy atom. The number of halogens is 1. The molecule has 1 aliphatic rings. The maximum atomic E-state index is 11.3. The first-order valence-electron chi connectivity index (χ1n) is 3.31. The molecule has 1 fully saturated rings. The average Bonchev–Trinajstić information content (AvgIpc) is 2.74. The molecule has 1 saturated heterocycles. The monoisotopic (exact) mass is 279 g/mol. The van der Waals surface area contributed by atoms with Gasteiger partial charge in [-0.15, -0.1) is 11.3 Å². The third kappa shape index (κ3) is 1.56. The van der Waals surface area contributed by atoms with Crippen LogP contribution in [0.25, 0.3) is 0 Å². The van der Waals surface area contributed by atoms with Crippen molar-refractivity contribution < 1.29 is 4.79 Å². The fraction of sp³-hybridized carbons (Fsp3) is 0.286. The summed E-state index contributed by atoms with van der Waals surface area (Å²) in [6, 6.07) is 1.94. The largest absolute Gasteiger partial charge is 0.335 e. The second-order valence-electron chi connectivity index (χ2n) is 2.43. The Bertz CT molecular complexity index is 292. The molecule has 2 rings (SSSR count). The summed E-state index contributed by atoms with van der Waals surface area (Å²) in [7, 11) is 0. The molecular formula is C7H6INOS. The molecule has 1 aromatic rings. The van der Waals surface area contributed by atoms with Gasteiger partial charge in [0.25, 0.3) is 5.91 Å². The molecule has 58 valence electrons. The Labute approximate surface area is 82.3 Å². The van der Waals surface area contributed by atoms with Gasteiger partial charge in [-0.1, -0.05) is 0 Å². The smallest absolute Gasteiger partial charge is 0.254 e. The van der Waals surface area contributed by atoms with E-state index < -0.39 is 0 Å². The molecule has 0 radical (unpaired) electrons. The van der Waals surface area contributed by atoms with E-state index in [1.54, 1.807) is 11.3 Å². The van der Waals surface area contributed by atoms with Gasteiger partial charge >= 0.3 is 0 Å². The molecule has 1 aromatic heterocycles. The van der Waals surface area contributed by atoms with Crippen LogP contribution in [-0.2, 0) is 0 Å². The summed E-state index contributed by atoms with van der Waals surface area (Å²) in [6.45, 7) is 1.87. The molecule has 2 heterocycles. The van der Waals surface area contributed by atoms with Gasteiger partial charge in [0.05, 0.1) is 8.45 Å². The Hall–Kier alpha value is -0.100. The lowest BCUT2D eigenvalue weighted by atomic mass is 10.3. The quantitative estimate of drug-likeness (QED) is 0.567. The van der Waals surface area contributed by atoms with Crippen molar-refractivity contribution in [3.05, 3.63) is 19.9 Å². The summed E-state index contributed by atoms with van der Waals surface area (Å²) >= 11 is 3.84. The highest BCUT2D eigenvalue weighted by atomic mass is 127. The standard InChI is InChI=1S/C7H6INOS/c8-6-3-5(4-11-6)7(10)9-1-2-9/h3-4H,1-2H2. The molecule has 1 amide bonds. The fourth-order valence-electron chi connectivity index (χ4n) is 0.858. The number of amides is 1. The predicted octanol–water partition coefficient (Wildman–Crippen LogP) is 1.81. The van der Waals surface area contributed by atoms with Crippen LogP contribution >= 0.6 is 33.9 Å². The number of hydrogen-bond donors (Lipinski definition) is 0. The zero-order valence-electron chi connectivity index (χ0n) is 5.71. The molecule has 0 bridgehead atoms. The van der Waals surface area contributed by atoms with Crippen LogP contribution in [0.2, 0.25) is 0 Å². The van der Waals surface area contributed by atoms with Crippen molar-refractivity contribution in [3.8, 4) is 0 Å². The summed E-state index contributed by atoms with van der Waals surface area (Å²) in [5, 5.41) is 1.92. The minimum absolute atomic E-state index is 0.184. The summed E-state index contributed by atoms with van der Waals surface area (Å²) in [6.07, 6.45) is 0. The Morgan fingerprint density at radius 3 is 2.82 bits per heavy atom. The van der Waals surface area contributed by atoms with Crippen LogP contribution in [0.15, 0.2) is 11.4 Å². The summed E-state index contributed by atoms with van der Waals surface area (Å²) in [5.41, 5.74) is 0.844. The first-order valence-corrected chi connectivity index (χ1v) is 5.26. The summed E-state index contributed by atoms with van der Waals surface area (Å²) in [5.74, 6) is 0.184. The van der Waals surface area contributed by atoms with Crippen molar-refractivity contribution >= 4 is 39.8 Å². The van der Waals surface area contributed by atoms with Gasteiger partial charge in [0.2, 0.25) is 0 Å². The van der Waals surface area contributed by atoms with E-state index in [2.05, 4.69) is 22.6 Å². The number of carbonyl (C=O) groups excluding carboxylic acids is 1. The highest BCUT2D eigenvalue weighted by Crippen LogP contribution is 2.20. The first kappa shape index (κ1) is 7.54. The highest BCUT2D eigenvalue weighted by Gasteiger charge is 2.25. The number of rotatable bonds is 1. The minimum atomic E-state index is 0.184. The van der Waals surface area contributed by atoms with Gasteiger partial charge in [-0.2, -0.15) is 0 Å². The third-order valence-electron chi connectivity index (χ3n) is 1.55. The van der Waals surface area contributed by atoms with Crippen molar-refractivity contribution in [1.82, 2.24) is 4.90 Å². The topological polar surface area (TPSA) is 20.1 Å². The normalized spacial score (nSPS) is 15.2. The molecule has 0 spiro atoms. The van der Waals surface area contributed by atoms with E-state index in [0.717, 1.165) is 18.7 Å². The lowest BCUT2D eigenvalue weighted by Crippen LogP contribution is -2.08. The van der Waals surface area contributed by atoms with Crippen LogP contribution in [0.5, 0.6) is 0 Å². The van der Waals surface area contributed by atoms with Crippen molar-refractivity contribution in [3.63, 3.8) is 0 Å². The molecule has 11 heavy (non-hydrogen) atoms. The van der Waals surface area contributed by atoms with Gasteiger partial charge in [0.1, 0.15) is 0 Å². The first-order chi connectivity index (χ1) is 5.27. The second kappa shape index (κ2) is 2.75. The molecule has 2 nitrogen and oxygen atoms in total. The number of hydrogen-bond acceptors (Lipinski definition) is 2. The van der Waals surface area contributed by atoms with E-state index in [0.29, 0.717) is 0 Å². The zero-order valence-corrected chi connectivity index (χ0v) is 8.68. The van der Waals surface area contributed by atoms with Gasteiger partial charge in [0, 0.05) is 18.5 Å². The van der Waals surface area contributed by atoms with Gasteiger partial charge in [0.15, 0.2) is 0 Å². The highest BCUT2D eigenvalue weighted by molar-refractivity contribution is 14.1. The SMILES string of the molecule is O=C(c1csc(I)c1)N1CC1. The van der Waals surface area contributed by atoms with Crippen LogP contribution in [-0.4, -0.2) is 23.9 Å². The zero-order chi connectivity index (χ0) is 7.84. The van der Waals surface area contributed by atoms with Crippen LogP contribution in [0.3, 0.4) is 0 Å².